The van der Waals surface area contributed by atoms with Gasteiger partial charge in [-0.25, -0.2) is 9.37 Å². The van der Waals surface area contributed by atoms with Crippen LogP contribution in [0.25, 0.3) is 22.3 Å². The Labute approximate surface area is 272 Å². The van der Waals surface area contributed by atoms with Crippen LogP contribution in [0.4, 0.5) is 4.39 Å². The van der Waals surface area contributed by atoms with E-state index in [1.54, 1.807) is 6.20 Å². The molecule has 6 rings (SSSR count). The van der Waals surface area contributed by atoms with Gasteiger partial charge < -0.3 is 19.5 Å². The molecule has 2 atom stereocenters. The zero-order chi connectivity index (χ0) is 32.5. The molecule has 0 fully saturated rings. The molecule has 6 nitrogen and oxygen atoms in total. The molecule has 0 amide bonds. The van der Waals surface area contributed by atoms with Crippen molar-refractivity contribution in [2.24, 2.45) is 5.41 Å². The van der Waals surface area contributed by atoms with Crippen LogP contribution in [-0.4, -0.2) is 31.2 Å². The highest BCUT2D eigenvalue weighted by atomic mass is 32.2. The standard InChI is InChI=1S/C38H42FN3O3S/c1-25-11-12-28-21-30(25)36-41-23-34(42-36)38(4,27-10-5-8-26(20-27)9-6-18-43)15-7-14-37(2,3)16-19-46(44)24-31-29-13-17-40-33(29)22-32(39)35(31)45-28/h5,8,10-13,17-18,20-23,40H,6-7,9,14-16,19,24H2,1-4H3,(H,41,42). The third-order valence-corrected chi connectivity index (χ3v) is 10.9. The summed E-state index contributed by atoms with van der Waals surface area (Å²) in [4.78, 5) is 22.7. The number of aromatic nitrogens is 3. The quantitative estimate of drug-likeness (QED) is 0.192. The number of nitrogens with one attached hydrogen (secondary N) is 2. The van der Waals surface area contributed by atoms with E-state index in [9.17, 15) is 9.00 Å². The van der Waals surface area contributed by atoms with Gasteiger partial charge in [0, 0.05) is 74.6 Å². The predicted molar refractivity (Wildman–Crippen MR) is 183 cm³/mol. The van der Waals surface area contributed by atoms with Crippen molar-refractivity contribution >= 4 is 28.0 Å². The smallest absolute Gasteiger partial charge is 0.168 e. The first-order valence-corrected chi connectivity index (χ1v) is 17.6. The molecular formula is C38H42FN3O3S. The van der Waals surface area contributed by atoms with Gasteiger partial charge in [-0.3, -0.25) is 4.21 Å². The Morgan fingerprint density at radius 1 is 1.07 bits per heavy atom. The maximum absolute atomic E-state index is 15.6. The minimum Gasteiger partial charge on any atom is -0.454 e. The normalized spacial score (nSPS) is 20.3. The van der Waals surface area contributed by atoms with Gasteiger partial charge in [0.1, 0.15) is 17.9 Å². The summed E-state index contributed by atoms with van der Waals surface area (Å²) in [5.41, 5.74) is 6.06. The average Bonchev–Trinajstić information content (AvgIpc) is 3.72. The van der Waals surface area contributed by atoms with Crippen molar-refractivity contribution in [2.75, 3.05) is 5.75 Å². The number of nitrogens with zero attached hydrogens (tertiary/aromatic N) is 1. The summed E-state index contributed by atoms with van der Waals surface area (Å²) in [7, 11) is -1.22. The van der Waals surface area contributed by atoms with E-state index in [2.05, 4.69) is 55.0 Å². The number of ether oxygens (including phenoxy) is 1. The van der Waals surface area contributed by atoms with Crippen LogP contribution < -0.4 is 4.74 Å². The van der Waals surface area contributed by atoms with E-state index < -0.39 is 16.6 Å². The molecule has 46 heavy (non-hydrogen) atoms. The van der Waals surface area contributed by atoms with Crippen molar-refractivity contribution in [3.63, 3.8) is 0 Å². The van der Waals surface area contributed by atoms with Gasteiger partial charge in [-0.1, -0.05) is 50.6 Å². The predicted octanol–water partition coefficient (Wildman–Crippen LogP) is 9.08. The third kappa shape index (κ3) is 6.59. The molecule has 0 aliphatic carbocycles. The van der Waals surface area contributed by atoms with Gasteiger partial charge in [-0.2, -0.15) is 0 Å². The van der Waals surface area contributed by atoms with Crippen molar-refractivity contribution < 1.29 is 18.1 Å². The second-order valence-electron chi connectivity index (χ2n) is 13.6. The minimum atomic E-state index is -1.22. The lowest BCUT2D eigenvalue weighted by Crippen LogP contribution is -2.26. The van der Waals surface area contributed by atoms with Crippen LogP contribution in [0.3, 0.4) is 0 Å². The molecule has 0 radical (unpaired) electrons. The number of rotatable bonds is 4. The fourth-order valence-electron chi connectivity index (χ4n) is 6.65. The van der Waals surface area contributed by atoms with Gasteiger partial charge in [0.15, 0.2) is 11.6 Å². The number of aldehydes is 1. The van der Waals surface area contributed by atoms with Crippen molar-refractivity contribution in [3.05, 3.63) is 101 Å². The first-order chi connectivity index (χ1) is 22.1. The highest BCUT2D eigenvalue weighted by Gasteiger charge is 2.33. The number of hydrogen-bond donors (Lipinski definition) is 2. The molecule has 8 heteroatoms. The number of benzene rings is 3. The fourth-order valence-corrected chi connectivity index (χ4v) is 8.19. The molecule has 0 saturated carbocycles. The molecular weight excluding hydrogens is 598 g/mol. The first kappa shape index (κ1) is 31.9. The third-order valence-electron chi connectivity index (χ3n) is 9.68. The Bertz CT molecular complexity index is 1910. The molecule has 0 saturated heterocycles. The summed E-state index contributed by atoms with van der Waals surface area (Å²) in [5, 5.41) is 0.816. The molecule has 2 aromatic heterocycles. The largest absolute Gasteiger partial charge is 0.454 e. The number of hydrogen-bond acceptors (Lipinski definition) is 4. The number of fused-ring (bicyclic) bond motifs is 8. The number of carbonyl (C=O) groups excluding carboxylic acids is 1. The topological polar surface area (TPSA) is 87.8 Å². The molecule has 3 heterocycles. The minimum absolute atomic E-state index is 0.0355. The van der Waals surface area contributed by atoms with Crippen LogP contribution in [-0.2, 0) is 33.2 Å². The maximum atomic E-state index is 15.6. The van der Waals surface area contributed by atoms with Crippen molar-refractivity contribution in [2.45, 2.75) is 77.4 Å². The molecule has 2 N–H and O–H groups in total. The van der Waals surface area contributed by atoms with Crippen molar-refractivity contribution in [1.29, 1.82) is 0 Å². The number of aromatic amines is 2. The Kier molecular flexibility index (Phi) is 9.01. The Morgan fingerprint density at radius 3 is 2.74 bits per heavy atom. The summed E-state index contributed by atoms with van der Waals surface area (Å²) in [6, 6.07) is 17.5. The average molecular weight is 640 g/mol. The van der Waals surface area contributed by atoms with E-state index in [1.807, 2.05) is 37.4 Å². The Morgan fingerprint density at radius 2 is 1.91 bits per heavy atom. The summed E-state index contributed by atoms with van der Waals surface area (Å²) < 4.78 is 35.5. The van der Waals surface area contributed by atoms with Gasteiger partial charge in [-0.05, 0) is 79.8 Å². The summed E-state index contributed by atoms with van der Waals surface area (Å²) in [5.74, 6) is 1.53. The van der Waals surface area contributed by atoms with Gasteiger partial charge >= 0.3 is 0 Å². The lowest BCUT2D eigenvalue weighted by molar-refractivity contribution is -0.107. The zero-order valence-electron chi connectivity index (χ0n) is 27.0. The Balaban J connectivity index is 1.46. The molecule has 4 bridgehead atoms. The number of H-pyrrole nitrogens is 2. The van der Waals surface area contributed by atoms with Crippen LogP contribution in [0, 0.1) is 18.2 Å². The van der Waals surface area contributed by atoms with Gasteiger partial charge in [0.25, 0.3) is 0 Å². The lowest BCUT2D eigenvalue weighted by Gasteiger charge is -2.32. The maximum Gasteiger partial charge on any atom is 0.168 e. The summed E-state index contributed by atoms with van der Waals surface area (Å²) >= 11 is 0. The van der Waals surface area contributed by atoms with Crippen LogP contribution >= 0.6 is 0 Å². The SMILES string of the molecule is Cc1ccc2cc1-c1ncc([nH]1)C(C)(c1cccc(CCC=O)c1)CCCC(C)(C)CCS(=O)Cc1c(c(F)cc3[nH]ccc13)O2. The highest BCUT2D eigenvalue weighted by molar-refractivity contribution is 7.84. The van der Waals surface area contributed by atoms with Crippen LogP contribution in [0.5, 0.6) is 11.5 Å². The van der Waals surface area contributed by atoms with Gasteiger partial charge in [0.05, 0.1) is 5.75 Å². The number of aryl methyl sites for hydroxylation is 2. The van der Waals surface area contributed by atoms with E-state index >= 15 is 4.39 Å². The van der Waals surface area contributed by atoms with Crippen molar-refractivity contribution in [1.82, 2.24) is 15.0 Å². The second kappa shape index (κ2) is 13.0. The fraction of sp³-hybridized carbons (Fsp3) is 0.368. The lowest BCUT2D eigenvalue weighted by atomic mass is 9.73. The second-order valence-corrected chi connectivity index (χ2v) is 15.2. The van der Waals surface area contributed by atoms with E-state index in [-0.39, 0.29) is 22.3 Å². The van der Waals surface area contributed by atoms with Crippen LogP contribution in [0.1, 0.15) is 80.8 Å². The van der Waals surface area contributed by atoms with Crippen LogP contribution in [0.15, 0.2) is 67.0 Å². The number of imidazole rings is 1. The zero-order valence-corrected chi connectivity index (χ0v) is 27.9. The molecule has 1 aliphatic heterocycles. The van der Waals surface area contributed by atoms with Gasteiger partial charge in [0.2, 0.25) is 0 Å². The number of halogens is 1. The highest BCUT2D eigenvalue weighted by Crippen LogP contribution is 2.41. The molecule has 3 aromatic carbocycles. The van der Waals surface area contributed by atoms with E-state index in [1.165, 1.54) is 11.6 Å². The molecule has 5 aromatic rings. The van der Waals surface area contributed by atoms with E-state index in [4.69, 9.17) is 9.72 Å². The molecule has 1 aliphatic rings. The molecule has 240 valence electrons. The first-order valence-electron chi connectivity index (χ1n) is 16.1. The van der Waals surface area contributed by atoms with Crippen LogP contribution in [0.2, 0.25) is 0 Å². The monoisotopic (exact) mass is 639 g/mol. The Hall–Kier alpha value is -4.04. The summed E-state index contributed by atoms with van der Waals surface area (Å²) in [6.07, 6.45) is 9.47. The number of carbonyl (C=O) groups is 1. The molecule has 2 unspecified atom stereocenters. The van der Waals surface area contributed by atoms with Crippen molar-refractivity contribution in [3.8, 4) is 22.9 Å². The molecule has 0 spiro atoms. The van der Waals surface area contributed by atoms with E-state index in [0.29, 0.717) is 41.2 Å². The van der Waals surface area contributed by atoms with Gasteiger partial charge in [-0.15, -0.1) is 0 Å². The summed E-state index contributed by atoms with van der Waals surface area (Å²) in [6.45, 7) is 8.76. The van der Waals surface area contributed by atoms with E-state index in [0.717, 1.165) is 59.7 Å².